The molecule has 4 heteroatoms. The lowest BCUT2D eigenvalue weighted by Crippen LogP contribution is -2.20. The molecule has 200 valence electrons. The molecular formula is C38H27N3O. The third kappa shape index (κ3) is 3.32. The van der Waals surface area contributed by atoms with Gasteiger partial charge in [0.2, 0.25) is 0 Å². The van der Waals surface area contributed by atoms with Gasteiger partial charge >= 0.3 is 0 Å². The predicted molar refractivity (Wildman–Crippen MR) is 168 cm³/mol. The molecule has 0 bridgehead atoms. The van der Waals surface area contributed by atoms with E-state index in [2.05, 4.69) is 66.7 Å². The van der Waals surface area contributed by atoms with Crippen molar-refractivity contribution in [3.05, 3.63) is 126 Å². The molecule has 0 unspecified atom stereocenters. The Balaban J connectivity index is 1.34. The number of rotatable bonds is 3. The van der Waals surface area contributed by atoms with E-state index in [1.807, 2.05) is 48.5 Å². The molecule has 7 aromatic rings. The number of hydrogen-bond acceptors (Lipinski definition) is 4. The molecule has 1 saturated carbocycles. The molecule has 4 nitrogen and oxygen atoms in total. The maximum absolute atomic E-state index is 6.23. The van der Waals surface area contributed by atoms with Crippen molar-refractivity contribution in [3.63, 3.8) is 0 Å². The highest BCUT2D eigenvalue weighted by molar-refractivity contribution is 6.11. The van der Waals surface area contributed by atoms with Gasteiger partial charge < -0.3 is 4.42 Å². The molecule has 1 fully saturated rings. The molecule has 9 rings (SSSR count). The minimum Gasteiger partial charge on any atom is -0.456 e. The van der Waals surface area contributed by atoms with Crippen LogP contribution in [-0.4, -0.2) is 15.0 Å². The van der Waals surface area contributed by atoms with E-state index in [1.165, 1.54) is 47.9 Å². The number of furan rings is 1. The third-order valence-corrected chi connectivity index (χ3v) is 9.30. The first-order valence-corrected chi connectivity index (χ1v) is 14.8. The van der Waals surface area contributed by atoms with Gasteiger partial charge in [-0.25, -0.2) is 15.0 Å². The van der Waals surface area contributed by atoms with Crippen LogP contribution in [-0.2, 0) is 5.41 Å². The summed E-state index contributed by atoms with van der Waals surface area (Å²) in [6.07, 6.45) is 4.89. The third-order valence-electron chi connectivity index (χ3n) is 9.30. The largest absolute Gasteiger partial charge is 0.456 e. The minimum absolute atomic E-state index is 0.0847. The average Bonchev–Trinajstić information content (AvgIpc) is 3.77. The highest BCUT2D eigenvalue weighted by Gasteiger charge is 2.45. The molecular weight excluding hydrogens is 514 g/mol. The smallest absolute Gasteiger partial charge is 0.164 e. The van der Waals surface area contributed by atoms with Crippen LogP contribution in [0.2, 0.25) is 0 Å². The van der Waals surface area contributed by atoms with Crippen LogP contribution in [0, 0.1) is 0 Å². The number of hydrogen-bond donors (Lipinski definition) is 0. The van der Waals surface area contributed by atoms with E-state index in [0.717, 1.165) is 38.6 Å². The number of benzene rings is 5. The molecule has 0 saturated heterocycles. The fourth-order valence-electron chi connectivity index (χ4n) is 7.50. The van der Waals surface area contributed by atoms with E-state index in [4.69, 9.17) is 19.4 Å². The van der Waals surface area contributed by atoms with Gasteiger partial charge in [-0.3, -0.25) is 0 Å². The maximum atomic E-state index is 6.23. The zero-order chi connectivity index (χ0) is 27.7. The fourth-order valence-corrected chi connectivity index (χ4v) is 7.50. The molecule has 0 radical (unpaired) electrons. The summed E-state index contributed by atoms with van der Waals surface area (Å²) in [5.74, 6) is 2.01. The maximum Gasteiger partial charge on any atom is 0.164 e. The second-order valence-corrected chi connectivity index (χ2v) is 11.5. The van der Waals surface area contributed by atoms with Crippen LogP contribution in [0.15, 0.2) is 120 Å². The van der Waals surface area contributed by atoms with Crippen LogP contribution in [0.4, 0.5) is 0 Å². The Morgan fingerprint density at radius 3 is 2.00 bits per heavy atom. The van der Waals surface area contributed by atoms with Gasteiger partial charge in [-0.15, -0.1) is 0 Å². The van der Waals surface area contributed by atoms with Crippen LogP contribution >= 0.6 is 0 Å². The zero-order valence-electron chi connectivity index (χ0n) is 23.0. The molecule has 2 aliphatic rings. The molecule has 2 aliphatic carbocycles. The highest BCUT2D eigenvalue weighted by atomic mass is 16.3. The number of aromatic nitrogens is 3. The molecule has 0 atom stereocenters. The Kier molecular flexibility index (Phi) is 5.03. The van der Waals surface area contributed by atoms with E-state index in [1.54, 1.807) is 0 Å². The van der Waals surface area contributed by atoms with Gasteiger partial charge in [-0.2, -0.15) is 0 Å². The first-order chi connectivity index (χ1) is 20.8. The summed E-state index contributed by atoms with van der Waals surface area (Å²) in [6, 6.07) is 40.2. The lowest BCUT2D eigenvalue weighted by atomic mass is 9.76. The first-order valence-electron chi connectivity index (χ1n) is 14.8. The first kappa shape index (κ1) is 23.6. The van der Waals surface area contributed by atoms with Gasteiger partial charge in [0.15, 0.2) is 17.5 Å². The molecule has 0 N–H and O–H groups in total. The summed E-state index contributed by atoms with van der Waals surface area (Å²) < 4.78 is 6.23. The SMILES string of the molecule is c1ccc(-c2nc(-c3cccc4c3-c3ccccc3C43CCCC3)nc(-c3cccc4oc5ccccc5c34)n2)cc1. The lowest BCUT2D eigenvalue weighted by molar-refractivity contribution is 0.550. The summed E-state index contributed by atoms with van der Waals surface area (Å²) >= 11 is 0. The van der Waals surface area contributed by atoms with Gasteiger partial charge in [-0.05, 0) is 47.2 Å². The Bertz CT molecular complexity index is 2160. The minimum atomic E-state index is 0.0847. The molecule has 5 aromatic carbocycles. The van der Waals surface area contributed by atoms with Crippen molar-refractivity contribution >= 4 is 21.9 Å². The summed E-state index contributed by atoms with van der Waals surface area (Å²) in [5.41, 5.74) is 10.2. The standard InChI is InChI=1S/C38H27N3O/c1-2-12-24(13-3-1)35-39-36(41-37(40-35)28-17-11-21-32-34(28)26-15-5-7-20-31(26)42-32)27-16-10-19-30-33(27)25-14-4-6-18-29(25)38(30)22-8-9-23-38/h1-7,10-21H,8-9,22-23H2. The molecule has 2 heterocycles. The molecule has 2 aromatic heterocycles. The predicted octanol–water partition coefficient (Wildman–Crippen LogP) is 9.61. The van der Waals surface area contributed by atoms with Crippen LogP contribution in [0.25, 0.3) is 67.2 Å². The second kappa shape index (κ2) is 8.95. The topological polar surface area (TPSA) is 51.8 Å². The van der Waals surface area contributed by atoms with Crippen LogP contribution < -0.4 is 0 Å². The normalized spacial score (nSPS) is 15.0. The van der Waals surface area contributed by atoms with Crippen molar-refractivity contribution < 1.29 is 4.42 Å². The van der Waals surface area contributed by atoms with Crippen LogP contribution in [0.3, 0.4) is 0 Å². The lowest BCUT2D eigenvalue weighted by Gasteiger charge is -2.26. The van der Waals surface area contributed by atoms with Crippen molar-refractivity contribution in [2.24, 2.45) is 0 Å². The Morgan fingerprint density at radius 1 is 0.500 bits per heavy atom. The number of nitrogens with zero attached hydrogens (tertiary/aromatic N) is 3. The van der Waals surface area contributed by atoms with Crippen molar-refractivity contribution in [2.45, 2.75) is 31.1 Å². The van der Waals surface area contributed by atoms with Crippen LogP contribution in [0.5, 0.6) is 0 Å². The van der Waals surface area contributed by atoms with Crippen molar-refractivity contribution in [2.75, 3.05) is 0 Å². The fraction of sp³-hybridized carbons (Fsp3) is 0.132. The number of fused-ring (bicyclic) bond motifs is 8. The monoisotopic (exact) mass is 541 g/mol. The van der Waals surface area contributed by atoms with Crippen molar-refractivity contribution in [1.82, 2.24) is 15.0 Å². The van der Waals surface area contributed by atoms with Gasteiger partial charge in [0, 0.05) is 32.9 Å². The van der Waals surface area contributed by atoms with E-state index in [0.29, 0.717) is 17.5 Å². The Morgan fingerprint density at radius 2 is 1.12 bits per heavy atom. The zero-order valence-corrected chi connectivity index (χ0v) is 23.0. The van der Waals surface area contributed by atoms with Gasteiger partial charge in [-0.1, -0.05) is 116 Å². The van der Waals surface area contributed by atoms with Gasteiger partial charge in [0.1, 0.15) is 11.2 Å². The van der Waals surface area contributed by atoms with E-state index >= 15 is 0 Å². The second-order valence-electron chi connectivity index (χ2n) is 11.5. The average molecular weight is 542 g/mol. The highest BCUT2D eigenvalue weighted by Crippen LogP contribution is 2.58. The van der Waals surface area contributed by atoms with Gasteiger partial charge in [0.05, 0.1) is 0 Å². The van der Waals surface area contributed by atoms with Crippen molar-refractivity contribution in [3.8, 4) is 45.3 Å². The van der Waals surface area contributed by atoms with Crippen molar-refractivity contribution in [1.29, 1.82) is 0 Å². The number of para-hydroxylation sites is 1. The Hall–Kier alpha value is -5.09. The summed E-state index contributed by atoms with van der Waals surface area (Å²) in [6.45, 7) is 0. The van der Waals surface area contributed by atoms with Crippen LogP contribution in [0.1, 0.15) is 36.8 Å². The summed E-state index contributed by atoms with van der Waals surface area (Å²) in [5, 5.41) is 2.09. The molecule has 0 aliphatic heterocycles. The molecule has 42 heavy (non-hydrogen) atoms. The van der Waals surface area contributed by atoms with Gasteiger partial charge in [0.25, 0.3) is 0 Å². The summed E-state index contributed by atoms with van der Waals surface area (Å²) in [4.78, 5) is 15.5. The molecule has 0 amide bonds. The Labute approximate surface area is 243 Å². The van der Waals surface area contributed by atoms with E-state index in [-0.39, 0.29) is 5.41 Å². The van der Waals surface area contributed by atoms with E-state index in [9.17, 15) is 0 Å². The summed E-state index contributed by atoms with van der Waals surface area (Å²) in [7, 11) is 0. The quantitative estimate of drug-likeness (QED) is 0.223. The molecule has 1 spiro atoms. The van der Waals surface area contributed by atoms with E-state index < -0.39 is 0 Å².